The van der Waals surface area contributed by atoms with Crippen molar-refractivity contribution in [1.82, 2.24) is 0 Å². The fourth-order valence-corrected chi connectivity index (χ4v) is 1.55. The van der Waals surface area contributed by atoms with Gasteiger partial charge in [-0.05, 0) is 6.42 Å². The minimum Gasteiger partial charge on any atom is -0.370 e. The van der Waals surface area contributed by atoms with Crippen LogP contribution in [-0.4, -0.2) is 72.9 Å². The minimum atomic E-state index is -4.16. The van der Waals surface area contributed by atoms with Crippen LogP contribution in [0.5, 0.6) is 0 Å². The number of quaternary nitrogens is 1. The normalized spacial score (nSPS) is 17.0. The Morgan fingerprint density at radius 2 is 1.70 bits per heavy atom. The lowest BCUT2D eigenvalue weighted by Gasteiger charge is -2.37. The molecule has 1 heterocycles. The average Bonchev–Trinajstić information content (AvgIpc) is 2.38. The first-order valence-electron chi connectivity index (χ1n) is 6.10. The van der Waals surface area contributed by atoms with Crippen molar-refractivity contribution in [1.29, 1.82) is 0 Å². The lowest BCUT2D eigenvalue weighted by molar-refractivity contribution is -0.917. The van der Waals surface area contributed by atoms with E-state index in [-0.39, 0.29) is 0 Å². The van der Waals surface area contributed by atoms with Crippen molar-refractivity contribution in [2.24, 2.45) is 0 Å². The summed E-state index contributed by atoms with van der Waals surface area (Å²) in [6.45, 7) is 7.92. The second-order valence-electron chi connectivity index (χ2n) is 4.42. The molecule has 0 saturated carbocycles. The summed E-state index contributed by atoms with van der Waals surface area (Å²) in [5.41, 5.74) is 0. The van der Waals surface area contributed by atoms with Gasteiger partial charge in [0.05, 0.1) is 33.9 Å². The van der Waals surface area contributed by atoms with Gasteiger partial charge in [-0.25, -0.2) is 0 Å². The molecule has 0 aliphatic carbocycles. The number of rotatable bonds is 4. The monoisotopic (exact) mass is 334 g/mol. The Labute approximate surface area is 124 Å². The van der Waals surface area contributed by atoms with Crippen molar-refractivity contribution < 1.29 is 34.8 Å². The van der Waals surface area contributed by atoms with Gasteiger partial charge >= 0.3 is 22.0 Å². The number of likely N-dealkylation sites (N-methyl/N-ethyl adjacent to an activating group) is 1. The first-order valence-corrected chi connectivity index (χ1v) is 8.14. The highest BCUT2D eigenvalue weighted by atomic mass is 32.3. The summed E-state index contributed by atoms with van der Waals surface area (Å²) in [5.74, 6) is 0. The molecule has 1 aliphatic rings. The summed E-state index contributed by atoms with van der Waals surface area (Å²) >= 11 is -0.750. The van der Waals surface area contributed by atoms with E-state index in [9.17, 15) is 8.42 Å². The molecular formula is C10H24NO7S2+. The Morgan fingerprint density at radius 1 is 1.30 bits per heavy atom. The van der Waals surface area contributed by atoms with E-state index < -0.39 is 22.0 Å². The second-order valence-corrected chi connectivity index (χ2v) is 5.74. The number of hydrogen-bond acceptors (Lipinski definition) is 6. The van der Waals surface area contributed by atoms with Gasteiger partial charge in [-0.15, -0.1) is 0 Å². The maximum absolute atomic E-state index is 9.33. The second kappa shape index (κ2) is 12.4. The van der Waals surface area contributed by atoms with Crippen LogP contribution in [0.4, 0.5) is 0 Å². The highest BCUT2D eigenvalue weighted by molar-refractivity contribution is 7.80. The molecule has 0 aromatic rings. The quantitative estimate of drug-likeness (QED) is 0.571. The van der Waals surface area contributed by atoms with Crippen LogP contribution in [0.25, 0.3) is 0 Å². The van der Waals surface area contributed by atoms with E-state index in [0.29, 0.717) is 0 Å². The SMILES string of the molecule is CCCC[N+]1(C)CCOCC1.COS(=O)(=O)O.O=S=O. The van der Waals surface area contributed by atoms with Crippen molar-refractivity contribution in [3.8, 4) is 0 Å². The van der Waals surface area contributed by atoms with Crippen LogP contribution in [0, 0.1) is 0 Å². The standard InChI is InChI=1S/C9H20NO.CH4O4S.O2S/c1-3-4-5-10(2)6-8-11-9-7-10;1-5-6(2,3)4;1-3-2/h3-9H2,1-2H3;1H3,(H,2,3,4);/q+1;;. The van der Waals surface area contributed by atoms with Crippen LogP contribution in [0.1, 0.15) is 19.8 Å². The highest BCUT2D eigenvalue weighted by Gasteiger charge is 2.23. The molecule has 1 fully saturated rings. The summed E-state index contributed by atoms with van der Waals surface area (Å²) < 4.78 is 52.9. The fourth-order valence-electron chi connectivity index (χ4n) is 1.55. The van der Waals surface area contributed by atoms with Gasteiger partial charge in [0.1, 0.15) is 13.1 Å². The minimum absolute atomic E-state index is 0.750. The molecule has 122 valence electrons. The van der Waals surface area contributed by atoms with E-state index in [1.54, 1.807) is 0 Å². The number of hydrogen-bond donors (Lipinski definition) is 1. The zero-order valence-corrected chi connectivity index (χ0v) is 13.7. The largest absolute Gasteiger partial charge is 0.397 e. The average molecular weight is 334 g/mol. The van der Waals surface area contributed by atoms with E-state index in [0.717, 1.165) is 20.3 Å². The number of unbranched alkanes of at least 4 members (excludes halogenated alkanes) is 1. The van der Waals surface area contributed by atoms with Gasteiger partial charge in [0.15, 0.2) is 0 Å². The molecule has 10 heteroatoms. The Balaban J connectivity index is 0. The van der Waals surface area contributed by atoms with E-state index in [1.165, 1.54) is 37.0 Å². The fraction of sp³-hybridized carbons (Fsp3) is 1.00. The topological polar surface area (TPSA) is 107 Å². The van der Waals surface area contributed by atoms with Gasteiger partial charge < -0.3 is 9.22 Å². The third-order valence-corrected chi connectivity index (χ3v) is 3.23. The van der Waals surface area contributed by atoms with Crippen molar-refractivity contribution in [3.63, 3.8) is 0 Å². The van der Waals surface area contributed by atoms with E-state index in [1.807, 2.05) is 0 Å². The molecular weight excluding hydrogens is 310 g/mol. The lowest BCUT2D eigenvalue weighted by Crippen LogP contribution is -2.52. The van der Waals surface area contributed by atoms with Crippen LogP contribution >= 0.6 is 0 Å². The summed E-state index contributed by atoms with van der Waals surface area (Å²) in [6, 6.07) is 0. The van der Waals surface area contributed by atoms with Crippen LogP contribution in [0.2, 0.25) is 0 Å². The third-order valence-electron chi connectivity index (χ3n) is 2.81. The van der Waals surface area contributed by atoms with Crippen LogP contribution in [-0.2, 0) is 30.9 Å². The molecule has 0 spiro atoms. The first-order chi connectivity index (χ1) is 9.24. The van der Waals surface area contributed by atoms with Crippen molar-refractivity contribution in [2.45, 2.75) is 19.8 Å². The summed E-state index contributed by atoms with van der Waals surface area (Å²) in [6.07, 6.45) is 2.67. The zero-order chi connectivity index (χ0) is 16.1. The molecule has 0 radical (unpaired) electrons. The molecule has 20 heavy (non-hydrogen) atoms. The molecule has 1 N–H and O–H groups in total. The third kappa shape index (κ3) is 15.7. The smallest absolute Gasteiger partial charge is 0.370 e. The molecule has 0 bridgehead atoms. The van der Waals surface area contributed by atoms with Crippen molar-refractivity contribution >= 4 is 22.0 Å². The van der Waals surface area contributed by atoms with Crippen LogP contribution in [0.15, 0.2) is 0 Å². The number of ether oxygens (including phenoxy) is 1. The number of morpholine rings is 1. The van der Waals surface area contributed by atoms with E-state index >= 15 is 0 Å². The van der Waals surface area contributed by atoms with Crippen molar-refractivity contribution in [2.75, 3.05) is 47.0 Å². The van der Waals surface area contributed by atoms with Gasteiger partial charge in [0.25, 0.3) is 0 Å². The maximum Gasteiger partial charge on any atom is 0.397 e. The van der Waals surface area contributed by atoms with Gasteiger partial charge in [0.2, 0.25) is 0 Å². The van der Waals surface area contributed by atoms with Gasteiger partial charge in [-0.3, -0.25) is 8.74 Å². The summed E-state index contributed by atoms with van der Waals surface area (Å²) in [5, 5.41) is 0. The van der Waals surface area contributed by atoms with E-state index in [4.69, 9.17) is 17.7 Å². The Kier molecular flexibility index (Phi) is 13.5. The molecule has 0 aromatic carbocycles. The van der Waals surface area contributed by atoms with Gasteiger partial charge in [-0.1, -0.05) is 13.3 Å². The predicted octanol–water partition coefficient (Wildman–Crippen LogP) is 0.0287. The van der Waals surface area contributed by atoms with Gasteiger partial charge in [-0.2, -0.15) is 16.8 Å². The molecule has 1 saturated heterocycles. The summed E-state index contributed by atoms with van der Waals surface area (Å²) in [7, 11) is -0.946. The molecule has 0 aromatic heterocycles. The molecule has 0 amide bonds. The molecule has 0 unspecified atom stereocenters. The molecule has 1 aliphatic heterocycles. The van der Waals surface area contributed by atoms with Crippen molar-refractivity contribution in [3.05, 3.63) is 0 Å². The highest BCUT2D eigenvalue weighted by Crippen LogP contribution is 2.08. The van der Waals surface area contributed by atoms with Gasteiger partial charge in [0, 0.05) is 0 Å². The first kappa shape index (κ1) is 21.9. The maximum atomic E-state index is 9.33. The Hall–Kier alpha value is -0.390. The summed E-state index contributed by atoms with van der Waals surface area (Å²) in [4.78, 5) is 0. The number of nitrogens with zero attached hydrogens (tertiary/aromatic N) is 1. The molecule has 8 nitrogen and oxygen atoms in total. The zero-order valence-electron chi connectivity index (χ0n) is 12.1. The van der Waals surface area contributed by atoms with Crippen LogP contribution < -0.4 is 0 Å². The Morgan fingerprint density at radius 3 is 2.00 bits per heavy atom. The Bertz CT molecular complexity index is 360. The predicted molar refractivity (Wildman–Crippen MR) is 74.0 cm³/mol. The van der Waals surface area contributed by atoms with E-state index in [2.05, 4.69) is 18.2 Å². The molecule has 0 atom stereocenters. The molecule has 1 rings (SSSR count). The lowest BCUT2D eigenvalue weighted by atomic mass is 10.2. The van der Waals surface area contributed by atoms with Crippen LogP contribution in [0.3, 0.4) is 0 Å².